The van der Waals surface area contributed by atoms with E-state index in [1.165, 1.54) is 4.90 Å². The van der Waals surface area contributed by atoms with Crippen molar-refractivity contribution in [1.29, 1.82) is 0 Å². The number of amides is 1. The third-order valence-corrected chi connectivity index (χ3v) is 3.66. The summed E-state index contributed by atoms with van der Waals surface area (Å²) in [6.07, 6.45) is 0.935. The van der Waals surface area contributed by atoms with Crippen LogP contribution in [0.3, 0.4) is 0 Å². The summed E-state index contributed by atoms with van der Waals surface area (Å²) in [7, 11) is 0. The number of hydrogen-bond donors (Lipinski definition) is 2. The molecule has 4 nitrogen and oxygen atoms in total. The molecule has 1 fully saturated rings. The molecule has 0 spiro atoms. The van der Waals surface area contributed by atoms with Crippen LogP contribution in [0.4, 0.5) is 4.39 Å². The molecule has 0 saturated carbocycles. The Kier molecular flexibility index (Phi) is 2.98. The van der Waals surface area contributed by atoms with Gasteiger partial charge in [-0.2, -0.15) is 0 Å². The molecule has 5 heteroatoms. The Balaban J connectivity index is 1.97. The van der Waals surface area contributed by atoms with Crippen LogP contribution in [-0.2, 0) is 0 Å². The van der Waals surface area contributed by atoms with Gasteiger partial charge in [0.25, 0.3) is 5.91 Å². The maximum absolute atomic E-state index is 13.4. The molecule has 100 valence electrons. The summed E-state index contributed by atoms with van der Waals surface area (Å²) in [4.78, 5) is 17.0. The zero-order valence-electron chi connectivity index (χ0n) is 10.3. The first-order valence-corrected chi connectivity index (χ1v) is 6.32. The Morgan fingerprint density at radius 2 is 2.32 bits per heavy atom. The fourth-order valence-corrected chi connectivity index (χ4v) is 2.71. The van der Waals surface area contributed by atoms with Gasteiger partial charge in [-0.15, -0.1) is 0 Å². The predicted molar refractivity (Wildman–Crippen MR) is 69.7 cm³/mol. The average Bonchev–Trinajstić information content (AvgIpc) is 3.03. The van der Waals surface area contributed by atoms with Gasteiger partial charge < -0.3 is 15.0 Å². The molecule has 0 bridgehead atoms. The SMILES string of the molecule is O=C(c1cccc2[nH]ccc12)N1C[C@@H](F)C[C@H]1CO. The number of carbonyl (C=O) groups excluding carboxylic acids is 1. The highest BCUT2D eigenvalue weighted by molar-refractivity contribution is 6.06. The van der Waals surface area contributed by atoms with E-state index in [-0.39, 0.29) is 25.5 Å². The first-order chi connectivity index (χ1) is 9.20. The molecule has 1 amide bonds. The van der Waals surface area contributed by atoms with Crippen LogP contribution in [0, 0.1) is 0 Å². The Morgan fingerprint density at radius 3 is 3.11 bits per heavy atom. The van der Waals surface area contributed by atoms with E-state index in [1.807, 2.05) is 12.1 Å². The number of aromatic nitrogens is 1. The minimum atomic E-state index is -1.05. The summed E-state index contributed by atoms with van der Waals surface area (Å²) in [6.45, 7) is -0.139. The summed E-state index contributed by atoms with van der Waals surface area (Å²) >= 11 is 0. The standard InChI is InChI=1S/C14H15FN2O2/c15-9-6-10(8-18)17(7-9)14(19)12-2-1-3-13-11(12)4-5-16-13/h1-5,9-10,16,18H,6-8H2/t9-,10-/m0/s1. The number of hydrogen-bond acceptors (Lipinski definition) is 2. The van der Waals surface area contributed by atoms with Crippen LogP contribution < -0.4 is 0 Å². The summed E-state index contributed by atoms with van der Waals surface area (Å²) in [5.41, 5.74) is 1.42. The monoisotopic (exact) mass is 262 g/mol. The van der Waals surface area contributed by atoms with Crippen LogP contribution >= 0.6 is 0 Å². The number of aliphatic hydroxyl groups excluding tert-OH is 1. The number of nitrogens with zero attached hydrogens (tertiary/aromatic N) is 1. The second kappa shape index (κ2) is 4.66. The fraction of sp³-hybridized carbons (Fsp3) is 0.357. The maximum atomic E-state index is 13.4. The van der Waals surface area contributed by atoms with Gasteiger partial charge in [-0.3, -0.25) is 4.79 Å². The highest BCUT2D eigenvalue weighted by Crippen LogP contribution is 2.25. The van der Waals surface area contributed by atoms with Crippen molar-refractivity contribution >= 4 is 16.8 Å². The predicted octanol–water partition coefficient (Wildman–Crippen LogP) is 1.71. The molecule has 1 aromatic heterocycles. The third kappa shape index (κ3) is 2.00. The van der Waals surface area contributed by atoms with E-state index in [0.717, 1.165) is 10.9 Å². The molecule has 2 aromatic rings. The van der Waals surface area contributed by atoms with Crippen LogP contribution in [0.1, 0.15) is 16.8 Å². The van der Waals surface area contributed by atoms with E-state index < -0.39 is 12.2 Å². The summed E-state index contributed by atoms with van der Waals surface area (Å²) in [5.74, 6) is -0.218. The minimum absolute atomic E-state index is 0.0604. The molecule has 0 radical (unpaired) electrons. The van der Waals surface area contributed by atoms with Gasteiger partial charge in [-0.05, 0) is 18.2 Å². The number of fused-ring (bicyclic) bond motifs is 1. The first-order valence-electron chi connectivity index (χ1n) is 6.32. The highest BCUT2D eigenvalue weighted by atomic mass is 19.1. The number of halogens is 1. The summed E-state index contributed by atoms with van der Waals surface area (Å²) < 4.78 is 13.4. The number of H-pyrrole nitrogens is 1. The number of aliphatic hydroxyl groups is 1. The molecule has 1 aliphatic heterocycles. The van der Waals surface area contributed by atoms with Gasteiger partial charge in [0, 0.05) is 29.1 Å². The molecule has 3 rings (SSSR count). The molecular formula is C14H15FN2O2. The highest BCUT2D eigenvalue weighted by Gasteiger charge is 2.35. The topological polar surface area (TPSA) is 56.3 Å². The molecule has 1 aliphatic rings. The van der Waals surface area contributed by atoms with Gasteiger partial charge in [0.1, 0.15) is 6.17 Å². The lowest BCUT2D eigenvalue weighted by Gasteiger charge is -2.22. The first kappa shape index (κ1) is 12.2. The van der Waals surface area contributed by atoms with Crippen LogP contribution in [0.25, 0.3) is 10.9 Å². The van der Waals surface area contributed by atoms with Gasteiger partial charge >= 0.3 is 0 Å². The second-order valence-electron chi connectivity index (χ2n) is 4.87. The molecule has 1 saturated heterocycles. The molecular weight excluding hydrogens is 247 g/mol. The lowest BCUT2D eigenvalue weighted by molar-refractivity contribution is 0.0675. The van der Waals surface area contributed by atoms with Crippen molar-refractivity contribution in [2.24, 2.45) is 0 Å². The number of carbonyl (C=O) groups is 1. The van der Waals surface area contributed by atoms with E-state index in [0.29, 0.717) is 5.56 Å². The Bertz CT molecular complexity index is 610. The van der Waals surface area contributed by atoms with Crippen molar-refractivity contribution in [1.82, 2.24) is 9.88 Å². The molecule has 19 heavy (non-hydrogen) atoms. The van der Waals surface area contributed by atoms with Crippen LogP contribution in [0.5, 0.6) is 0 Å². The average molecular weight is 262 g/mol. The largest absolute Gasteiger partial charge is 0.394 e. The lowest BCUT2D eigenvalue weighted by Crippen LogP contribution is -2.37. The smallest absolute Gasteiger partial charge is 0.254 e. The van der Waals surface area contributed by atoms with Gasteiger partial charge in [0.2, 0.25) is 0 Å². The fourth-order valence-electron chi connectivity index (χ4n) is 2.71. The Morgan fingerprint density at radius 1 is 1.47 bits per heavy atom. The normalized spacial score (nSPS) is 23.2. The minimum Gasteiger partial charge on any atom is -0.394 e. The number of nitrogens with one attached hydrogen (secondary N) is 1. The van der Waals surface area contributed by atoms with Gasteiger partial charge in [-0.25, -0.2) is 4.39 Å². The number of aromatic amines is 1. The van der Waals surface area contributed by atoms with Crippen molar-refractivity contribution in [3.05, 3.63) is 36.0 Å². The maximum Gasteiger partial charge on any atom is 0.254 e. The zero-order chi connectivity index (χ0) is 13.4. The number of benzene rings is 1. The molecule has 2 N–H and O–H groups in total. The van der Waals surface area contributed by atoms with E-state index in [9.17, 15) is 14.3 Å². The summed E-state index contributed by atoms with van der Waals surface area (Å²) in [5, 5.41) is 10.1. The van der Waals surface area contributed by atoms with Crippen molar-refractivity contribution in [3.63, 3.8) is 0 Å². The number of likely N-dealkylation sites (tertiary alicyclic amines) is 1. The molecule has 0 unspecified atom stereocenters. The Hall–Kier alpha value is -1.88. The van der Waals surface area contributed by atoms with E-state index in [4.69, 9.17) is 0 Å². The van der Waals surface area contributed by atoms with Crippen molar-refractivity contribution in [2.75, 3.05) is 13.2 Å². The van der Waals surface area contributed by atoms with Crippen molar-refractivity contribution in [2.45, 2.75) is 18.6 Å². The van der Waals surface area contributed by atoms with Gasteiger partial charge in [0.05, 0.1) is 19.2 Å². The lowest BCUT2D eigenvalue weighted by atomic mass is 10.1. The molecule has 1 aromatic carbocycles. The summed E-state index contributed by atoms with van der Waals surface area (Å²) in [6, 6.07) is 6.83. The quantitative estimate of drug-likeness (QED) is 0.865. The Labute approximate surface area is 109 Å². The van der Waals surface area contributed by atoms with E-state index >= 15 is 0 Å². The zero-order valence-corrected chi connectivity index (χ0v) is 10.3. The van der Waals surface area contributed by atoms with Gasteiger partial charge in [-0.1, -0.05) is 6.07 Å². The van der Waals surface area contributed by atoms with Crippen molar-refractivity contribution in [3.8, 4) is 0 Å². The van der Waals surface area contributed by atoms with Crippen molar-refractivity contribution < 1.29 is 14.3 Å². The second-order valence-corrected chi connectivity index (χ2v) is 4.87. The van der Waals surface area contributed by atoms with Crippen LogP contribution in [0.15, 0.2) is 30.5 Å². The number of rotatable bonds is 2. The van der Waals surface area contributed by atoms with Crippen LogP contribution in [-0.4, -0.2) is 46.3 Å². The van der Waals surface area contributed by atoms with E-state index in [1.54, 1.807) is 18.3 Å². The van der Waals surface area contributed by atoms with Crippen LogP contribution in [0.2, 0.25) is 0 Å². The number of alkyl halides is 1. The molecule has 2 heterocycles. The third-order valence-electron chi connectivity index (χ3n) is 3.66. The van der Waals surface area contributed by atoms with E-state index in [2.05, 4.69) is 4.98 Å². The van der Waals surface area contributed by atoms with Gasteiger partial charge in [0.15, 0.2) is 0 Å². The molecule has 2 atom stereocenters. The molecule has 0 aliphatic carbocycles.